The molecule has 12 nitrogen and oxygen atoms in total. The molecule has 1 saturated carbocycles. The molecule has 48 heavy (non-hydrogen) atoms. The summed E-state index contributed by atoms with van der Waals surface area (Å²) >= 11 is 0. The number of hydrogen-bond donors (Lipinski definition) is 0. The number of nitrogens with zero attached hydrogens (tertiary/aromatic N) is 8. The van der Waals surface area contributed by atoms with E-state index in [0.717, 1.165) is 54.9 Å². The van der Waals surface area contributed by atoms with Gasteiger partial charge in [0.05, 0.1) is 29.7 Å². The summed E-state index contributed by atoms with van der Waals surface area (Å²) in [7, 11) is 1.43. The van der Waals surface area contributed by atoms with Crippen LogP contribution in [0.5, 0.6) is 0 Å². The Morgan fingerprint density at radius 2 is 1.65 bits per heavy atom. The van der Waals surface area contributed by atoms with Crippen molar-refractivity contribution in [3.8, 4) is 0 Å². The first kappa shape index (κ1) is 36.3. The molecule has 3 aromatic rings. The molecule has 1 fully saturated rings. The van der Waals surface area contributed by atoms with Crippen molar-refractivity contribution in [2.24, 2.45) is 18.9 Å². The minimum Gasteiger partial charge on any atom is -0.466 e. The second kappa shape index (κ2) is 15.1. The van der Waals surface area contributed by atoms with Crippen LogP contribution in [-0.2, 0) is 42.0 Å². The average Bonchev–Trinajstić information content (AvgIpc) is 3.45. The smallest absolute Gasteiger partial charge is 0.417 e. The maximum Gasteiger partial charge on any atom is 0.417 e. The number of carbonyl (C=O) groups is 1. The molecule has 0 unspecified atom stereocenters. The van der Waals surface area contributed by atoms with E-state index in [9.17, 15) is 41.3 Å². The predicted octanol–water partition coefficient (Wildman–Crippen LogP) is 6.34. The molecule has 0 saturated heterocycles. The highest BCUT2D eigenvalue weighted by molar-refractivity contribution is 5.69. The second-order valence-electron chi connectivity index (χ2n) is 11.7. The summed E-state index contributed by atoms with van der Waals surface area (Å²) in [6, 6.07) is 3.03. The van der Waals surface area contributed by atoms with Crippen LogP contribution in [0.1, 0.15) is 68.2 Å². The highest BCUT2D eigenvalue weighted by Crippen LogP contribution is 2.37. The number of tetrazole rings is 1. The zero-order valence-electron chi connectivity index (χ0n) is 26.6. The van der Waals surface area contributed by atoms with Gasteiger partial charge in [-0.15, -0.1) is 5.10 Å². The van der Waals surface area contributed by atoms with Crippen molar-refractivity contribution in [1.82, 2.24) is 25.2 Å². The van der Waals surface area contributed by atoms with Crippen LogP contribution in [0.3, 0.4) is 0 Å². The number of esters is 1. The third-order valence-electron chi connectivity index (χ3n) is 8.19. The summed E-state index contributed by atoms with van der Waals surface area (Å²) in [5.41, 5.74) is -3.13. The van der Waals surface area contributed by atoms with Crippen molar-refractivity contribution >= 4 is 23.4 Å². The Bertz CT molecular complexity index is 1570. The topological polar surface area (TPSA) is 132 Å². The summed E-state index contributed by atoms with van der Waals surface area (Å²) in [5, 5.41) is 23.2. The van der Waals surface area contributed by atoms with Crippen molar-refractivity contribution in [3.05, 3.63) is 62.8 Å². The Kier molecular flexibility index (Phi) is 11.5. The molecule has 0 amide bonds. The minimum absolute atomic E-state index is 0.0941. The van der Waals surface area contributed by atoms with Crippen LogP contribution in [0.25, 0.3) is 0 Å². The molecule has 1 aromatic carbocycles. The number of hydrogen-bond acceptors (Lipinski definition) is 10. The first-order chi connectivity index (χ1) is 22.6. The average molecular weight is 687 g/mol. The maximum atomic E-state index is 13.9. The molecule has 18 heteroatoms. The number of non-ortho nitro benzene ring substituents is 1. The molecular formula is C30H36F6N8O4. The third-order valence-corrected chi connectivity index (χ3v) is 8.19. The zero-order chi connectivity index (χ0) is 35.2. The number of anilines is 2. The van der Waals surface area contributed by atoms with Crippen molar-refractivity contribution in [3.63, 3.8) is 0 Å². The van der Waals surface area contributed by atoms with E-state index in [1.807, 2.05) is 11.8 Å². The number of ether oxygens (including phenoxy) is 1. The Labute approximate surface area is 272 Å². The van der Waals surface area contributed by atoms with Gasteiger partial charge in [0.15, 0.2) is 0 Å². The van der Waals surface area contributed by atoms with E-state index in [4.69, 9.17) is 4.74 Å². The largest absolute Gasteiger partial charge is 0.466 e. The molecule has 4 rings (SSSR count). The number of nitro groups is 1. The summed E-state index contributed by atoms with van der Waals surface area (Å²) in [4.78, 5) is 30.9. The lowest BCUT2D eigenvalue weighted by Gasteiger charge is -2.34. The fourth-order valence-electron chi connectivity index (χ4n) is 5.87. The molecule has 2 aromatic heterocycles. The number of carbonyl (C=O) groups excluding carboxylic acids is 1. The van der Waals surface area contributed by atoms with E-state index in [2.05, 4.69) is 20.4 Å². The molecule has 0 spiro atoms. The molecule has 262 valence electrons. The van der Waals surface area contributed by atoms with Gasteiger partial charge in [-0.3, -0.25) is 14.9 Å². The Balaban J connectivity index is 1.66. The fraction of sp³-hybridized carbons (Fsp3) is 0.567. The molecule has 0 bridgehead atoms. The lowest BCUT2D eigenvalue weighted by Crippen LogP contribution is -2.34. The van der Waals surface area contributed by atoms with Crippen LogP contribution in [0.2, 0.25) is 0 Å². The van der Waals surface area contributed by atoms with Gasteiger partial charge in [0.2, 0.25) is 0 Å². The lowest BCUT2D eigenvalue weighted by molar-refractivity contribution is -0.385. The second-order valence-corrected chi connectivity index (χ2v) is 11.7. The van der Waals surface area contributed by atoms with Crippen molar-refractivity contribution < 1.29 is 40.8 Å². The van der Waals surface area contributed by atoms with E-state index in [1.54, 1.807) is 6.92 Å². The first-order valence-corrected chi connectivity index (χ1v) is 15.4. The zero-order valence-corrected chi connectivity index (χ0v) is 26.6. The Morgan fingerprint density at radius 1 is 0.979 bits per heavy atom. The van der Waals surface area contributed by atoms with E-state index in [1.165, 1.54) is 11.9 Å². The van der Waals surface area contributed by atoms with Gasteiger partial charge >= 0.3 is 18.3 Å². The van der Waals surface area contributed by atoms with E-state index in [0.29, 0.717) is 32.2 Å². The summed E-state index contributed by atoms with van der Waals surface area (Å²) in [6.45, 7) is 3.98. The lowest BCUT2D eigenvalue weighted by atomic mass is 9.80. The monoisotopic (exact) mass is 686 g/mol. The number of aryl methyl sites for hydroxylation is 1. The van der Waals surface area contributed by atoms with Crippen LogP contribution >= 0.6 is 0 Å². The van der Waals surface area contributed by atoms with Gasteiger partial charge in [0, 0.05) is 56.5 Å². The SMILES string of the molecule is CCOC(=O)C[C@H]1CC[C@H](CN(CC)c2ncc(C(F)(F)F)cc2CN(Cc2cc([N+](=O)[O-])cc(C(F)(F)F)c2)c2nnn(C)n2)CC1. The molecule has 2 heterocycles. The fourth-order valence-corrected chi connectivity index (χ4v) is 5.87. The Morgan fingerprint density at radius 3 is 2.21 bits per heavy atom. The number of pyridine rings is 1. The minimum atomic E-state index is -4.89. The van der Waals surface area contributed by atoms with Gasteiger partial charge in [-0.25, -0.2) is 4.98 Å². The van der Waals surface area contributed by atoms with Gasteiger partial charge in [-0.1, -0.05) is 5.10 Å². The number of rotatable bonds is 13. The number of halogens is 6. The number of nitro benzene ring substituents is 1. The molecule has 1 aliphatic carbocycles. The summed E-state index contributed by atoms with van der Waals surface area (Å²) in [6.07, 6.45) is -5.39. The van der Waals surface area contributed by atoms with Crippen molar-refractivity contribution in [2.45, 2.75) is 71.4 Å². The van der Waals surface area contributed by atoms with Crippen molar-refractivity contribution in [2.75, 3.05) is 29.5 Å². The van der Waals surface area contributed by atoms with Crippen LogP contribution < -0.4 is 9.80 Å². The molecular weight excluding hydrogens is 650 g/mol. The standard InChI is InChI=1S/C30H36F6N8O4/c1-4-42(16-20-8-6-19(7-9-20)12-26(45)48-5-2)27-22(13-24(15-37-27)30(34,35)36)18-43(28-38-40-41(3)39-28)17-21-10-23(29(31,32)33)14-25(11-21)44(46)47/h10-11,13-15,19-20H,4-9,12,16-18H2,1-3H3/t19-,20-. The van der Waals surface area contributed by atoms with Crippen LogP contribution in [0, 0.1) is 22.0 Å². The van der Waals surface area contributed by atoms with Gasteiger partial charge in [0.25, 0.3) is 11.6 Å². The molecule has 0 radical (unpaired) electrons. The van der Waals surface area contributed by atoms with Gasteiger partial charge < -0.3 is 14.5 Å². The highest BCUT2D eigenvalue weighted by Gasteiger charge is 2.35. The summed E-state index contributed by atoms with van der Waals surface area (Å²) < 4.78 is 87.7. The number of aromatic nitrogens is 5. The van der Waals surface area contributed by atoms with Gasteiger partial charge in [0.1, 0.15) is 5.82 Å². The third kappa shape index (κ3) is 9.53. The van der Waals surface area contributed by atoms with E-state index < -0.39 is 40.6 Å². The van der Waals surface area contributed by atoms with Crippen LogP contribution in [-0.4, -0.2) is 55.8 Å². The quantitative estimate of drug-likeness (QED) is 0.0868. The van der Waals surface area contributed by atoms with E-state index >= 15 is 0 Å². The molecule has 0 atom stereocenters. The molecule has 0 N–H and O–H groups in total. The molecule has 0 aliphatic heterocycles. The number of alkyl halides is 6. The highest BCUT2D eigenvalue weighted by atomic mass is 19.4. The van der Waals surface area contributed by atoms with Gasteiger partial charge in [-0.05, 0) is 74.3 Å². The predicted molar refractivity (Wildman–Crippen MR) is 161 cm³/mol. The van der Waals surface area contributed by atoms with Crippen LogP contribution in [0.15, 0.2) is 30.5 Å². The van der Waals surface area contributed by atoms with Crippen LogP contribution in [0.4, 0.5) is 43.8 Å². The number of benzene rings is 1. The van der Waals surface area contributed by atoms with Crippen molar-refractivity contribution in [1.29, 1.82) is 0 Å². The summed E-state index contributed by atoms with van der Waals surface area (Å²) in [5.74, 6) is 0.238. The van der Waals surface area contributed by atoms with Gasteiger partial charge in [-0.2, -0.15) is 31.1 Å². The Hall–Kier alpha value is -4.51. The molecule has 1 aliphatic rings. The van der Waals surface area contributed by atoms with E-state index in [-0.39, 0.29) is 47.2 Å². The first-order valence-electron chi connectivity index (χ1n) is 15.4. The maximum absolute atomic E-state index is 13.9. The normalized spacial score (nSPS) is 16.9.